The Morgan fingerprint density at radius 2 is 2.67 bits per heavy atom. The van der Waals surface area contributed by atoms with Gasteiger partial charge in [0.05, 0.1) is 12.6 Å². The van der Waals surface area contributed by atoms with Crippen molar-refractivity contribution in [3.63, 3.8) is 0 Å². The van der Waals surface area contributed by atoms with Crippen molar-refractivity contribution in [3.05, 3.63) is 0 Å². The minimum absolute atomic E-state index is 0.332. The Balaban J connectivity index is 2.26. The van der Waals surface area contributed by atoms with Gasteiger partial charge in [0.2, 0.25) is 0 Å². The van der Waals surface area contributed by atoms with Crippen LogP contribution in [0.4, 0.5) is 0 Å². The first kappa shape index (κ1) is 6.55. The Morgan fingerprint density at radius 1 is 1.89 bits per heavy atom. The van der Waals surface area contributed by atoms with Crippen LogP contribution in [0.1, 0.15) is 13.3 Å². The van der Waals surface area contributed by atoms with Crippen LogP contribution in [0.25, 0.3) is 0 Å². The van der Waals surface area contributed by atoms with Crippen LogP contribution >= 0.6 is 0 Å². The van der Waals surface area contributed by atoms with E-state index >= 15 is 0 Å². The molecule has 1 aliphatic rings. The molecule has 0 saturated heterocycles. The van der Waals surface area contributed by atoms with Gasteiger partial charge >= 0.3 is 0 Å². The molecule has 1 heterocycles. The summed E-state index contributed by atoms with van der Waals surface area (Å²) in [6.45, 7) is 3.16. The molecular formula is C6H11NO2. The summed E-state index contributed by atoms with van der Waals surface area (Å²) in [6.07, 6.45) is 0.224. The van der Waals surface area contributed by atoms with Crippen LogP contribution in [0.15, 0.2) is 4.99 Å². The third-order valence-electron chi connectivity index (χ3n) is 1.12. The number of nitrogens with zero attached hydrogens (tertiary/aromatic N) is 1. The lowest BCUT2D eigenvalue weighted by atomic mass is 10.3. The van der Waals surface area contributed by atoms with E-state index in [2.05, 4.69) is 4.99 Å². The molecular weight excluding hydrogens is 118 g/mol. The lowest BCUT2D eigenvalue weighted by molar-refractivity contribution is 0.193. The molecule has 3 nitrogen and oxygen atoms in total. The molecule has 0 amide bonds. The molecule has 52 valence electrons. The molecule has 0 aliphatic carbocycles. The first-order valence-electron chi connectivity index (χ1n) is 3.13. The molecule has 1 aliphatic heterocycles. The van der Waals surface area contributed by atoms with Crippen molar-refractivity contribution in [2.24, 2.45) is 4.99 Å². The summed E-state index contributed by atoms with van der Waals surface area (Å²) in [5, 5.41) is 8.85. The highest BCUT2D eigenvalue weighted by molar-refractivity contribution is 5.77. The maximum Gasteiger partial charge on any atom is 0.185 e. The van der Waals surface area contributed by atoms with Crippen molar-refractivity contribution in [2.45, 2.75) is 19.4 Å². The summed E-state index contributed by atoms with van der Waals surface area (Å²) >= 11 is 0. The highest BCUT2D eigenvalue weighted by atomic mass is 16.5. The van der Waals surface area contributed by atoms with Gasteiger partial charge in [-0.05, 0) is 6.92 Å². The van der Waals surface area contributed by atoms with Gasteiger partial charge in [0.1, 0.15) is 6.61 Å². The molecule has 0 radical (unpaired) electrons. The van der Waals surface area contributed by atoms with E-state index in [4.69, 9.17) is 9.84 Å². The van der Waals surface area contributed by atoms with E-state index in [1.165, 1.54) is 0 Å². The van der Waals surface area contributed by atoms with E-state index in [1.807, 2.05) is 0 Å². The summed E-state index contributed by atoms with van der Waals surface area (Å²) in [7, 11) is 0. The van der Waals surface area contributed by atoms with Gasteiger partial charge in [-0.25, -0.2) is 0 Å². The minimum atomic E-state index is -0.332. The first-order valence-corrected chi connectivity index (χ1v) is 3.13. The molecule has 1 rings (SSSR count). The van der Waals surface area contributed by atoms with E-state index in [9.17, 15) is 0 Å². The quantitative estimate of drug-likeness (QED) is 0.578. The zero-order valence-electron chi connectivity index (χ0n) is 5.50. The number of aliphatic hydroxyl groups excluding tert-OH is 1. The maximum absolute atomic E-state index is 8.85. The molecule has 0 aromatic rings. The summed E-state index contributed by atoms with van der Waals surface area (Å²) in [5.74, 6) is 0.699. The highest BCUT2D eigenvalue weighted by Gasteiger charge is 2.08. The molecule has 1 N–H and O–H groups in total. The van der Waals surface area contributed by atoms with E-state index in [0.717, 1.165) is 6.54 Å². The zero-order chi connectivity index (χ0) is 6.69. The largest absolute Gasteiger partial charge is 0.479 e. The van der Waals surface area contributed by atoms with Crippen molar-refractivity contribution >= 4 is 5.90 Å². The average molecular weight is 129 g/mol. The maximum atomic E-state index is 8.85. The Kier molecular flexibility index (Phi) is 2.05. The molecule has 9 heavy (non-hydrogen) atoms. The van der Waals surface area contributed by atoms with Crippen LogP contribution in [-0.4, -0.2) is 30.3 Å². The third kappa shape index (κ3) is 2.01. The molecule has 0 aromatic carbocycles. The SMILES string of the molecule is CC(O)CC1=NCCO1. The van der Waals surface area contributed by atoms with Crippen LogP contribution in [0.5, 0.6) is 0 Å². The molecule has 0 aromatic heterocycles. The monoisotopic (exact) mass is 129 g/mol. The first-order chi connectivity index (χ1) is 4.29. The van der Waals surface area contributed by atoms with Gasteiger partial charge in [0, 0.05) is 6.42 Å². The van der Waals surface area contributed by atoms with Gasteiger partial charge < -0.3 is 9.84 Å². The van der Waals surface area contributed by atoms with E-state index in [1.54, 1.807) is 6.92 Å². The Hall–Kier alpha value is -0.570. The Bertz CT molecular complexity index is 120. The topological polar surface area (TPSA) is 41.8 Å². The Morgan fingerprint density at radius 3 is 3.11 bits per heavy atom. The van der Waals surface area contributed by atoms with Crippen LogP contribution in [0.3, 0.4) is 0 Å². The van der Waals surface area contributed by atoms with Crippen molar-refractivity contribution in [3.8, 4) is 0 Å². The van der Waals surface area contributed by atoms with Gasteiger partial charge in [0.25, 0.3) is 0 Å². The lowest BCUT2D eigenvalue weighted by Crippen LogP contribution is -2.09. The van der Waals surface area contributed by atoms with Crippen LogP contribution in [-0.2, 0) is 4.74 Å². The third-order valence-corrected chi connectivity index (χ3v) is 1.12. The Labute approximate surface area is 54.4 Å². The van der Waals surface area contributed by atoms with Crippen molar-refractivity contribution in [2.75, 3.05) is 13.2 Å². The van der Waals surface area contributed by atoms with Gasteiger partial charge in [-0.3, -0.25) is 4.99 Å². The fraction of sp³-hybridized carbons (Fsp3) is 0.833. The molecule has 0 spiro atoms. The molecule has 0 saturated carbocycles. The summed E-state index contributed by atoms with van der Waals surface area (Å²) in [4.78, 5) is 4.01. The summed E-state index contributed by atoms with van der Waals surface area (Å²) in [6, 6.07) is 0. The second-order valence-electron chi connectivity index (χ2n) is 2.18. The number of aliphatic hydroxyl groups is 1. The fourth-order valence-electron chi connectivity index (χ4n) is 0.756. The molecule has 0 bridgehead atoms. The number of hydrogen-bond acceptors (Lipinski definition) is 3. The van der Waals surface area contributed by atoms with Gasteiger partial charge in [-0.2, -0.15) is 0 Å². The molecule has 3 heteroatoms. The molecule has 1 unspecified atom stereocenters. The summed E-state index contributed by atoms with van der Waals surface area (Å²) in [5.41, 5.74) is 0. The van der Waals surface area contributed by atoms with Crippen molar-refractivity contribution < 1.29 is 9.84 Å². The van der Waals surface area contributed by atoms with Crippen molar-refractivity contribution in [1.29, 1.82) is 0 Å². The zero-order valence-corrected chi connectivity index (χ0v) is 5.50. The predicted octanol–water partition coefficient (Wildman–Crippen LogP) is 0.186. The van der Waals surface area contributed by atoms with Crippen LogP contribution < -0.4 is 0 Å². The fourth-order valence-corrected chi connectivity index (χ4v) is 0.756. The number of rotatable bonds is 2. The highest BCUT2D eigenvalue weighted by Crippen LogP contribution is 2.00. The average Bonchev–Trinajstić information content (AvgIpc) is 2.15. The normalized spacial score (nSPS) is 20.9. The van der Waals surface area contributed by atoms with Gasteiger partial charge in [-0.1, -0.05) is 0 Å². The second-order valence-corrected chi connectivity index (χ2v) is 2.18. The molecule has 0 fully saturated rings. The van der Waals surface area contributed by atoms with Crippen molar-refractivity contribution in [1.82, 2.24) is 0 Å². The van der Waals surface area contributed by atoms with Crippen LogP contribution in [0.2, 0.25) is 0 Å². The van der Waals surface area contributed by atoms with E-state index in [-0.39, 0.29) is 6.10 Å². The van der Waals surface area contributed by atoms with E-state index < -0.39 is 0 Å². The van der Waals surface area contributed by atoms with Crippen LogP contribution in [0, 0.1) is 0 Å². The van der Waals surface area contributed by atoms with Gasteiger partial charge in [-0.15, -0.1) is 0 Å². The second kappa shape index (κ2) is 2.82. The van der Waals surface area contributed by atoms with E-state index in [0.29, 0.717) is 18.9 Å². The van der Waals surface area contributed by atoms with Gasteiger partial charge in [0.15, 0.2) is 5.90 Å². The summed E-state index contributed by atoms with van der Waals surface area (Å²) < 4.78 is 5.05. The smallest absolute Gasteiger partial charge is 0.185 e. The minimum Gasteiger partial charge on any atom is -0.479 e. The number of ether oxygens (including phenoxy) is 1. The number of hydrogen-bond donors (Lipinski definition) is 1. The number of aliphatic imine (C=N–C) groups is 1. The predicted molar refractivity (Wildman–Crippen MR) is 34.6 cm³/mol. The molecule has 1 atom stereocenters. The standard InChI is InChI=1S/C6H11NO2/c1-5(8)4-6-7-2-3-9-6/h5,8H,2-4H2,1H3. The lowest BCUT2D eigenvalue weighted by Gasteiger charge is -2.02.